The number of carbonyl (C=O) groups excluding carboxylic acids is 1. The average Bonchev–Trinajstić information content (AvgIpc) is 2.99. The number of aromatic nitrogens is 1. The molecule has 2 aromatic heterocycles. The molecule has 6 heteroatoms. The Labute approximate surface area is 146 Å². The largest absolute Gasteiger partial charge is 0.494 e. The van der Waals surface area contributed by atoms with E-state index in [1.165, 1.54) is 6.08 Å². The predicted octanol–water partition coefficient (Wildman–Crippen LogP) is 4.09. The minimum absolute atomic E-state index is 0.244. The molecule has 116 valence electrons. The SMILES string of the molecule is COc1ccc(NC(=O)/C=C/c2ccc(I)o2)c2cccnc12. The van der Waals surface area contributed by atoms with Crippen molar-refractivity contribution in [3.63, 3.8) is 0 Å². The summed E-state index contributed by atoms with van der Waals surface area (Å²) in [5.74, 6) is 1.05. The topological polar surface area (TPSA) is 64.4 Å². The van der Waals surface area contributed by atoms with E-state index in [1.54, 1.807) is 37.6 Å². The summed E-state index contributed by atoms with van der Waals surface area (Å²) in [6.45, 7) is 0. The molecule has 5 nitrogen and oxygen atoms in total. The molecule has 2 heterocycles. The highest BCUT2D eigenvalue weighted by atomic mass is 127. The first-order valence-corrected chi connectivity index (χ1v) is 7.91. The molecule has 0 aliphatic carbocycles. The molecular formula is C17H13IN2O3. The Bertz CT molecular complexity index is 886. The van der Waals surface area contributed by atoms with E-state index in [2.05, 4.69) is 32.9 Å². The number of fused-ring (bicyclic) bond motifs is 1. The molecule has 1 aromatic carbocycles. The maximum Gasteiger partial charge on any atom is 0.248 e. The van der Waals surface area contributed by atoms with Gasteiger partial charge in [0, 0.05) is 17.7 Å². The molecule has 23 heavy (non-hydrogen) atoms. The fraction of sp³-hybridized carbons (Fsp3) is 0.0588. The summed E-state index contributed by atoms with van der Waals surface area (Å²) >= 11 is 2.07. The van der Waals surface area contributed by atoms with E-state index in [9.17, 15) is 4.79 Å². The van der Waals surface area contributed by atoms with Crippen molar-refractivity contribution in [2.24, 2.45) is 0 Å². The van der Waals surface area contributed by atoms with Gasteiger partial charge in [0.25, 0.3) is 0 Å². The summed E-state index contributed by atoms with van der Waals surface area (Å²) in [4.78, 5) is 16.4. The zero-order valence-electron chi connectivity index (χ0n) is 12.2. The molecule has 0 spiro atoms. The molecule has 0 atom stereocenters. The van der Waals surface area contributed by atoms with Gasteiger partial charge in [0.15, 0.2) is 3.77 Å². The molecule has 0 fully saturated rings. The molecule has 0 aliphatic rings. The number of pyridine rings is 1. The van der Waals surface area contributed by atoms with Crippen molar-refractivity contribution in [3.8, 4) is 5.75 Å². The number of carbonyl (C=O) groups is 1. The lowest BCUT2D eigenvalue weighted by Crippen LogP contribution is -2.08. The van der Waals surface area contributed by atoms with Gasteiger partial charge in [-0.25, -0.2) is 0 Å². The average molecular weight is 420 g/mol. The molecule has 0 saturated heterocycles. The highest BCUT2D eigenvalue weighted by Gasteiger charge is 2.08. The molecule has 3 rings (SSSR count). The van der Waals surface area contributed by atoms with Gasteiger partial charge >= 0.3 is 0 Å². The van der Waals surface area contributed by atoms with E-state index >= 15 is 0 Å². The lowest BCUT2D eigenvalue weighted by Gasteiger charge is -2.09. The van der Waals surface area contributed by atoms with E-state index in [4.69, 9.17) is 9.15 Å². The van der Waals surface area contributed by atoms with Crippen molar-refractivity contribution < 1.29 is 13.9 Å². The normalized spacial score (nSPS) is 11.0. The van der Waals surface area contributed by atoms with Crippen LogP contribution in [0, 0.1) is 3.77 Å². The van der Waals surface area contributed by atoms with E-state index < -0.39 is 0 Å². The monoisotopic (exact) mass is 420 g/mol. The molecule has 1 N–H and O–H groups in total. The van der Waals surface area contributed by atoms with Gasteiger partial charge in [-0.3, -0.25) is 9.78 Å². The van der Waals surface area contributed by atoms with Gasteiger partial charge in [0.05, 0.1) is 12.8 Å². The van der Waals surface area contributed by atoms with Crippen molar-refractivity contribution in [2.75, 3.05) is 12.4 Å². The smallest absolute Gasteiger partial charge is 0.248 e. The minimum atomic E-state index is -0.244. The van der Waals surface area contributed by atoms with Gasteiger partial charge in [-0.15, -0.1) is 0 Å². The second-order valence-electron chi connectivity index (χ2n) is 4.68. The highest BCUT2D eigenvalue weighted by molar-refractivity contribution is 14.1. The molecular weight excluding hydrogens is 407 g/mol. The van der Waals surface area contributed by atoms with Crippen LogP contribution in [-0.4, -0.2) is 18.0 Å². The van der Waals surface area contributed by atoms with Crippen LogP contribution in [0.5, 0.6) is 5.75 Å². The molecule has 0 unspecified atom stereocenters. The van der Waals surface area contributed by atoms with Crippen molar-refractivity contribution in [1.82, 2.24) is 4.98 Å². The van der Waals surface area contributed by atoms with E-state index in [0.29, 0.717) is 22.7 Å². The number of benzene rings is 1. The minimum Gasteiger partial charge on any atom is -0.494 e. The van der Waals surface area contributed by atoms with Gasteiger partial charge in [-0.05, 0) is 65.1 Å². The fourth-order valence-electron chi connectivity index (χ4n) is 2.17. The number of ether oxygens (including phenoxy) is 1. The maximum absolute atomic E-state index is 12.1. The number of methoxy groups -OCH3 is 1. The van der Waals surface area contributed by atoms with Crippen LogP contribution in [0.25, 0.3) is 17.0 Å². The Morgan fingerprint density at radius 3 is 2.91 bits per heavy atom. The number of furan rings is 1. The zero-order chi connectivity index (χ0) is 16.2. The Morgan fingerprint density at radius 1 is 1.30 bits per heavy atom. The standard InChI is InChI=1S/C17H13IN2O3/c1-22-14-7-6-13(12-3-2-10-19-17(12)14)20-16(21)9-5-11-4-8-15(18)23-11/h2-10H,1H3,(H,20,21)/b9-5+. The Balaban J connectivity index is 1.84. The maximum atomic E-state index is 12.1. The summed E-state index contributed by atoms with van der Waals surface area (Å²) in [7, 11) is 1.59. The van der Waals surface area contributed by atoms with Crippen molar-refractivity contribution in [3.05, 3.63) is 58.2 Å². The summed E-state index contributed by atoms with van der Waals surface area (Å²) in [5.41, 5.74) is 1.38. The molecule has 3 aromatic rings. The highest BCUT2D eigenvalue weighted by Crippen LogP contribution is 2.29. The van der Waals surface area contributed by atoms with Crippen LogP contribution in [0.4, 0.5) is 5.69 Å². The van der Waals surface area contributed by atoms with Crippen LogP contribution in [0.3, 0.4) is 0 Å². The number of hydrogen-bond acceptors (Lipinski definition) is 4. The third-order valence-corrected chi connectivity index (χ3v) is 3.78. The van der Waals surface area contributed by atoms with Crippen LogP contribution in [-0.2, 0) is 4.79 Å². The first-order chi connectivity index (χ1) is 11.2. The second-order valence-corrected chi connectivity index (χ2v) is 5.74. The number of hydrogen-bond donors (Lipinski definition) is 1. The van der Waals surface area contributed by atoms with Crippen LogP contribution < -0.4 is 10.1 Å². The van der Waals surface area contributed by atoms with Gasteiger partial charge < -0.3 is 14.5 Å². The molecule has 1 amide bonds. The zero-order valence-corrected chi connectivity index (χ0v) is 14.4. The van der Waals surface area contributed by atoms with Crippen LogP contribution >= 0.6 is 22.6 Å². The third-order valence-electron chi connectivity index (χ3n) is 3.20. The fourth-order valence-corrected chi connectivity index (χ4v) is 2.60. The van der Waals surface area contributed by atoms with Gasteiger partial charge in [0.1, 0.15) is 17.0 Å². The van der Waals surface area contributed by atoms with Crippen molar-refractivity contribution in [1.29, 1.82) is 0 Å². The van der Waals surface area contributed by atoms with Crippen molar-refractivity contribution in [2.45, 2.75) is 0 Å². The van der Waals surface area contributed by atoms with Gasteiger partial charge in [-0.2, -0.15) is 0 Å². The number of halogens is 1. The summed E-state index contributed by atoms with van der Waals surface area (Å²) in [6.07, 6.45) is 4.75. The Kier molecular flexibility index (Phi) is 4.61. The Hall–Kier alpha value is -2.35. The number of amides is 1. The second kappa shape index (κ2) is 6.82. The molecule has 0 bridgehead atoms. The van der Waals surface area contributed by atoms with Gasteiger partial charge in [-0.1, -0.05) is 0 Å². The quantitative estimate of drug-likeness (QED) is 0.510. The summed E-state index contributed by atoms with van der Waals surface area (Å²) in [5, 5.41) is 3.67. The van der Waals surface area contributed by atoms with Crippen LogP contribution in [0.2, 0.25) is 0 Å². The lowest BCUT2D eigenvalue weighted by atomic mass is 10.1. The lowest BCUT2D eigenvalue weighted by molar-refractivity contribution is -0.111. The molecule has 0 saturated carbocycles. The van der Waals surface area contributed by atoms with Crippen LogP contribution in [0.15, 0.2) is 53.1 Å². The molecule has 0 radical (unpaired) electrons. The van der Waals surface area contributed by atoms with E-state index in [1.807, 2.05) is 18.2 Å². The van der Waals surface area contributed by atoms with Gasteiger partial charge in [0.2, 0.25) is 5.91 Å². The summed E-state index contributed by atoms with van der Waals surface area (Å²) < 4.78 is 11.4. The number of nitrogens with one attached hydrogen (secondary N) is 1. The number of nitrogens with zero attached hydrogens (tertiary/aromatic N) is 1. The van der Waals surface area contributed by atoms with E-state index in [0.717, 1.165) is 9.15 Å². The Morgan fingerprint density at radius 2 is 2.17 bits per heavy atom. The number of anilines is 1. The number of rotatable bonds is 4. The predicted molar refractivity (Wildman–Crippen MR) is 97.4 cm³/mol. The first-order valence-electron chi connectivity index (χ1n) is 6.83. The van der Waals surface area contributed by atoms with E-state index in [-0.39, 0.29) is 5.91 Å². The first kappa shape index (κ1) is 15.5. The third kappa shape index (κ3) is 3.53. The summed E-state index contributed by atoms with van der Waals surface area (Å²) in [6, 6.07) is 10.9. The molecule has 0 aliphatic heterocycles. The van der Waals surface area contributed by atoms with Crippen LogP contribution in [0.1, 0.15) is 5.76 Å². The van der Waals surface area contributed by atoms with Crippen molar-refractivity contribution >= 4 is 51.2 Å².